The van der Waals surface area contributed by atoms with Crippen LogP contribution in [0, 0.1) is 5.82 Å². The maximum Gasteiger partial charge on any atom is 0.196 e. The number of rotatable bonds is 5. The molecule has 0 spiro atoms. The van der Waals surface area contributed by atoms with Crippen LogP contribution >= 0.6 is 27.7 Å². The molecule has 0 fully saturated rings. The molecular weight excluding hydrogens is 427 g/mol. The van der Waals surface area contributed by atoms with Crippen molar-refractivity contribution < 1.29 is 4.39 Å². The van der Waals surface area contributed by atoms with Gasteiger partial charge in [-0.1, -0.05) is 52.0 Å². The Bertz CT molecular complexity index is 1050. The van der Waals surface area contributed by atoms with Gasteiger partial charge in [0.2, 0.25) is 0 Å². The lowest BCUT2D eigenvalue weighted by Crippen LogP contribution is -2.02. The molecule has 4 aromatic rings. The van der Waals surface area contributed by atoms with Gasteiger partial charge in [-0.25, -0.2) is 4.39 Å². The van der Waals surface area contributed by atoms with Gasteiger partial charge in [0.1, 0.15) is 5.82 Å². The number of aromatic nitrogens is 4. The summed E-state index contributed by atoms with van der Waals surface area (Å²) in [6, 6.07) is 18.4. The summed E-state index contributed by atoms with van der Waals surface area (Å²) >= 11 is 4.95. The van der Waals surface area contributed by atoms with E-state index in [9.17, 15) is 4.39 Å². The quantitative estimate of drug-likeness (QED) is 0.383. The zero-order valence-electron chi connectivity index (χ0n) is 14.1. The SMILES string of the molecule is Fc1ccccc1-n1c(SCc2ccc(Br)cc2)nnc1-c1cccnc1. The molecule has 0 aliphatic carbocycles. The molecule has 0 aliphatic heterocycles. The Labute approximate surface area is 168 Å². The number of hydrogen-bond donors (Lipinski definition) is 0. The van der Waals surface area contributed by atoms with E-state index in [0.717, 1.165) is 15.6 Å². The highest BCUT2D eigenvalue weighted by Gasteiger charge is 2.18. The van der Waals surface area contributed by atoms with Crippen LogP contribution in [-0.4, -0.2) is 19.7 Å². The van der Waals surface area contributed by atoms with E-state index >= 15 is 0 Å². The molecule has 7 heteroatoms. The molecule has 134 valence electrons. The van der Waals surface area contributed by atoms with Crippen LogP contribution in [-0.2, 0) is 5.75 Å². The van der Waals surface area contributed by atoms with E-state index in [2.05, 4.69) is 31.1 Å². The second-order valence-electron chi connectivity index (χ2n) is 5.75. The molecule has 2 heterocycles. The number of benzene rings is 2. The summed E-state index contributed by atoms with van der Waals surface area (Å²) in [6.45, 7) is 0. The zero-order chi connectivity index (χ0) is 18.6. The first-order valence-electron chi connectivity index (χ1n) is 8.20. The van der Waals surface area contributed by atoms with Crippen LogP contribution < -0.4 is 0 Å². The van der Waals surface area contributed by atoms with Crippen molar-refractivity contribution in [3.63, 3.8) is 0 Å². The topological polar surface area (TPSA) is 43.6 Å². The van der Waals surface area contributed by atoms with Crippen molar-refractivity contribution in [1.82, 2.24) is 19.7 Å². The molecule has 0 saturated heterocycles. The van der Waals surface area contributed by atoms with Crippen molar-refractivity contribution in [1.29, 1.82) is 0 Å². The highest BCUT2D eigenvalue weighted by Crippen LogP contribution is 2.30. The summed E-state index contributed by atoms with van der Waals surface area (Å²) < 4.78 is 17.3. The average molecular weight is 441 g/mol. The fraction of sp³-hybridized carbons (Fsp3) is 0.0500. The van der Waals surface area contributed by atoms with Crippen LogP contribution in [0.2, 0.25) is 0 Å². The Morgan fingerprint density at radius 2 is 1.78 bits per heavy atom. The third kappa shape index (κ3) is 3.94. The second kappa shape index (κ2) is 8.02. The first-order chi connectivity index (χ1) is 13.2. The van der Waals surface area contributed by atoms with Crippen molar-refractivity contribution in [2.24, 2.45) is 0 Å². The van der Waals surface area contributed by atoms with Crippen LogP contribution in [0.1, 0.15) is 5.56 Å². The van der Waals surface area contributed by atoms with Gasteiger partial charge in [-0.2, -0.15) is 0 Å². The highest BCUT2D eigenvalue weighted by atomic mass is 79.9. The van der Waals surface area contributed by atoms with Gasteiger partial charge in [-0.05, 0) is 42.0 Å². The lowest BCUT2D eigenvalue weighted by atomic mass is 10.2. The molecule has 2 aromatic heterocycles. The van der Waals surface area contributed by atoms with Gasteiger partial charge in [-0.15, -0.1) is 10.2 Å². The molecule has 0 N–H and O–H groups in total. The molecule has 27 heavy (non-hydrogen) atoms. The number of para-hydroxylation sites is 1. The normalized spacial score (nSPS) is 10.9. The average Bonchev–Trinajstić information content (AvgIpc) is 3.12. The predicted molar refractivity (Wildman–Crippen MR) is 108 cm³/mol. The third-order valence-corrected chi connectivity index (χ3v) is 5.46. The van der Waals surface area contributed by atoms with Gasteiger partial charge in [0.05, 0.1) is 5.69 Å². The highest BCUT2D eigenvalue weighted by molar-refractivity contribution is 9.10. The molecule has 0 unspecified atom stereocenters. The molecule has 0 saturated carbocycles. The van der Waals surface area contributed by atoms with E-state index in [-0.39, 0.29) is 5.82 Å². The summed E-state index contributed by atoms with van der Waals surface area (Å²) in [4.78, 5) is 4.14. The smallest absolute Gasteiger partial charge is 0.196 e. The van der Waals surface area contributed by atoms with Crippen LogP contribution in [0.3, 0.4) is 0 Å². The maximum atomic E-state index is 14.5. The number of thioether (sulfide) groups is 1. The fourth-order valence-electron chi connectivity index (χ4n) is 2.62. The summed E-state index contributed by atoms with van der Waals surface area (Å²) in [5.41, 5.74) is 2.35. The van der Waals surface area contributed by atoms with Crippen molar-refractivity contribution in [3.8, 4) is 17.1 Å². The lowest BCUT2D eigenvalue weighted by molar-refractivity contribution is 0.613. The molecular formula is C20H14BrFN4S. The first kappa shape index (κ1) is 17.9. The molecule has 0 atom stereocenters. The molecule has 0 radical (unpaired) electrons. The minimum absolute atomic E-state index is 0.326. The van der Waals surface area contributed by atoms with Crippen molar-refractivity contribution in [2.75, 3.05) is 0 Å². The molecule has 0 aliphatic rings. The standard InChI is InChI=1S/C20H14BrFN4S/c21-16-9-7-14(8-10-16)13-27-20-25-24-19(15-4-3-11-23-12-15)26(20)18-6-2-1-5-17(18)22/h1-12H,13H2. The Kier molecular flexibility index (Phi) is 5.31. The first-order valence-corrected chi connectivity index (χ1v) is 9.98. The lowest BCUT2D eigenvalue weighted by Gasteiger charge is -2.11. The predicted octanol–water partition coefficient (Wildman–Crippen LogP) is 5.52. The zero-order valence-corrected chi connectivity index (χ0v) is 16.5. The van der Waals surface area contributed by atoms with Crippen LogP contribution in [0.5, 0.6) is 0 Å². The van der Waals surface area contributed by atoms with Gasteiger partial charge in [0.15, 0.2) is 11.0 Å². The van der Waals surface area contributed by atoms with Gasteiger partial charge >= 0.3 is 0 Å². The van der Waals surface area contributed by atoms with E-state index in [1.54, 1.807) is 35.2 Å². The summed E-state index contributed by atoms with van der Waals surface area (Å²) in [6.07, 6.45) is 3.39. The van der Waals surface area contributed by atoms with Gasteiger partial charge in [0.25, 0.3) is 0 Å². The van der Waals surface area contributed by atoms with Crippen molar-refractivity contribution in [3.05, 3.63) is 88.9 Å². The molecule has 4 nitrogen and oxygen atoms in total. The molecule has 4 rings (SSSR count). The molecule has 0 bridgehead atoms. The Morgan fingerprint density at radius 1 is 0.963 bits per heavy atom. The van der Waals surface area contributed by atoms with Gasteiger partial charge in [0, 0.05) is 28.2 Å². The minimum Gasteiger partial charge on any atom is -0.267 e. The fourth-order valence-corrected chi connectivity index (χ4v) is 3.79. The van der Waals surface area contributed by atoms with Crippen LogP contribution in [0.15, 0.2) is 82.7 Å². The molecule has 0 amide bonds. The van der Waals surface area contributed by atoms with Gasteiger partial charge < -0.3 is 0 Å². The monoisotopic (exact) mass is 440 g/mol. The largest absolute Gasteiger partial charge is 0.267 e. The van der Waals surface area contributed by atoms with Crippen molar-refractivity contribution in [2.45, 2.75) is 10.9 Å². The number of hydrogen-bond acceptors (Lipinski definition) is 4. The van der Waals surface area contributed by atoms with Gasteiger partial charge in [-0.3, -0.25) is 9.55 Å². The van der Waals surface area contributed by atoms with E-state index in [1.165, 1.54) is 17.8 Å². The van der Waals surface area contributed by atoms with Crippen LogP contribution in [0.25, 0.3) is 17.1 Å². The summed E-state index contributed by atoms with van der Waals surface area (Å²) in [5.74, 6) is 0.937. The minimum atomic E-state index is -0.326. The Morgan fingerprint density at radius 3 is 2.52 bits per heavy atom. The van der Waals surface area contributed by atoms with Crippen LogP contribution in [0.4, 0.5) is 4.39 Å². The van der Waals surface area contributed by atoms with E-state index < -0.39 is 0 Å². The number of pyridine rings is 1. The summed E-state index contributed by atoms with van der Waals surface area (Å²) in [5, 5.41) is 9.25. The Hall–Kier alpha value is -2.51. The second-order valence-corrected chi connectivity index (χ2v) is 7.61. The van der Waals surface area contributed by atoms with E-state index in [4.69, 9.17) is 0 Å². The van der Waals surface area contributed by atoms with Crippen molar-refractivity contribution >= 4 is 27.7 Å². The van der Waals surface area contributed by atoms with E-state index in [0.29, 0.717) is 22.4 Å². The van der Waals surface area contributed by atoms with E-state index in [1.807, 2.05) is 36.4 Å². The maximum absolute atomic E-state index is 14.5. The number of nitrogens with zero attached hydrogens (tertiary/aromatic N) is 4. The summed E-state index contributed by atoms with van der Waals surface area (Å²) in [7, 11) is 0. The third-order valence-electron chi connectivity index (χ3n) is 3.93. The Balaban J connectivity index is 1.74. The number of halogens is 2. The molecule has 2 aromatic carbocycles.